The number of ether oxygens (including phenoxy) is 2. The van der Waals surface area contributed by atoms with E-state index in [2.05, 4.69) is 103 Å². The molecular formula is C44H72NO10P. The van der Waals surface area contributed by atoms with Crippen LogP contribution >= 0.6 is 7.82 Å². The first-order valence-corrected chi connectivity index (χ1v) is 22.1. The van der Waals surface area contributed by atoms with Gasteiger partial charge in [0.15, 0.2) is 6.10 Å². The van der Waals surface area contributed by atoms with Crippen molar-refractivity contribution in [1.82, 2.24) is 0 Å². The zero-order chi connectivity index (χ0) is 41.4. The maximum atomic E-state index is 12.6. The van der Waals surface area contributed by atoms with E-state index in [9.17, 15) is 23.8 Å². The van der Waals surface area contributed by atoms with Crippen molar-refractivity contribution in [2.75, 3.05) is 19.8 Å². The molecular weight excluding hydrogens is 733 g/mol. The summed E-state index contributed by atoms with van der Waals surface area (Å²) in [6.45, 7) is 2.57. The molecule has 3 atom stereocenters. The minimum Gasteiger partial charge on any atom is -0.480 e. The molecule has 0 aromatic carbocycles. The second-order valence-electron chi connectivity index (χ2n) is 13.4. The molecule has 0 fully saturated rings. The lowest BCUT2D eigenvalue weighted by Gasteiger charge is -2.20. The first-order chi connectivity index (χ1) is 27.1. The van der Waals surface area contributed by atoms with Crippen molar-refractivity contribution in [3.8, 4) is 0 Å². The van der Waals surface area contributed by atoms with Crippen molar-refractivity contribution in [3.63, 3.8) is 0 Å². The molecule has 11 nitrogen and oxygen atoms in total. The first kappa shape index (κ1) is 52.7. The predicted octanol–water partition coefficient (Wildman–Crippen LogP) is 10.7. The molecule has 0 saturated heterocycles. The summed E-state index contributed by atoms with van der Waals surface area (Å²) in [5.41, 5.74) is 5.32. The minimum atomic E-state index is -4.74. The van der Waals surface area contributed by atoms with Gasteiger partial charge in [0.1, 0.15) is 12.6 Å². The van der Waals surface area contributed by atoms with Gasteiger partial charge >= 0.3 is 25.7 Å². The molecule has 1 unspecified atom stereocenters. The highest BCUT2D eigenvalue weighted by Gasteiger charge is 2.28. The van der Waals surface area contributed by atoms with Crippen LogP contribution in [0.15, 0.2) is 85.1 Å². The molecule has 0 saturated carbocycles. The molecule has 0 aliphatic heterocycles. The summed E-state index contributed by atoms with van der Waals surface area (Å²) in [5.74, 6) is -2.47. The summed E-state index contributed by atoms with van der Waals surface area (Å²) in [4.78, 5) is 45.9. The lowest BCUT2D eigenvalue weighted by Crippen LogP contribution is -2.34. The highest BCUT2D eigenvalue weighted by atomic mass is 31.2. The number of carbonyl (C=O) groups is 3. The minimum absolute atomic E-state index is 0.121. The van der Waals surface area contributed by atoms with Crippen LogP contribution in [0.4, 0.5) is 0 Å². The Morgan fingerprint density at radius 3 is 1.52 bits per heavy atom. The lowest BCUT2D eigenvalue weighted by molar-refractivity contribution is -0.161. The number of phosphoric acid groups is 1. The molecule has 0 amide bonds. The van der Waals surface area contributed by atoms with Crippen LogP contribution in [-0.4, -0.2) is 59.9 Å². The molecule has 0 heterocycles. The first-order valence-electron chi connectivity index (χ1n) is 20.6. The summed E-state index contributed by atoms with van der Waals surface area (Å²) in [6.07, 6.45) is 46.5. The average Bonchev–Trinajstić information content (AvgIpc) is 3.17. The van der Waals surface area contributed by atoms with E-state index in [1.54, 1.807) is 0 Å². The van der Waals surface area contributed by atoms with Gasteiger partial charge in [-0.05, 0) is 89.9 Å². The molecule has 4 N–H and O–H groups in total. The van der Waals surface area contributed by atoms with Gasteiger partial charge in [-0.15, -0.1) is 0 Å². The number of allylic oxidation sites excluding steroid dienone is 14. The Bertz CT molecular complexity index is 1270. The fraction of sp³-hybridized carbons (Fsp3) is 0.614. The van der Waals surface area contributed by atoms with E-state index in [1.807, 2.05) is 0 Å². The van der Waals surface area contributed by atoms with Crippen LogP contribution in [0.25, 0.3) is 0 Å². The Morgan fingerprint density at radius 2 is 1.00 bits per heavy atom. The highest BCUT2D eigenvalue weighted by Crippen LogP contribution is 2.43. The van der Waals surface area contributed by atoms with Gasteiger partial charge in [0.05, 0.1) is 13.2 Å². The van der Waals surface area contributed by atoms with Crippen molar-refractivity contribution in [2.24, 2.45) is 5.73 Å². The Balaban J connectivity index is 4.53. The smallest absolute Gasteiger partial charge is 0.472 e. The van der Waals surface area contributed by atoms with Gasteiger partial charge in [-0.1, -0.05) is 125 Å². The second-order valence-corrected chi connectivity index (χ2v) is 14.8. The Kier molecular flexibility index (Phi) is 36.2. The number of hydrogen-bond acceptors (Lipinski definition) is 9. The summed E-state index contributed by atoms with van der Waals surface area (Å²) in [6, 6.07) is -1.54. The van der Waals surface area contributed by atoms with E-state index in [-0.39, 0.29) is 19.4 Å². The van der Waals surface area contributed by atoms with Crippen molar-refractivity contribution in [2.45, 2.75) is 154 Å². The normalized spacial score (nSPS) is 14.6. The second kappa shape index (κ2) is 38.5. The molecule has 56 heavy (non-hydrogen) atoms. The number of carboxylic acid groups (broad SMARTS) is 1. The number of esters is 2. The molecule has 0 bridgehead atoms. The molecule has 0 aromatic rings. The predicted molar refractivity (Wildman–Crippen MR) is 226 cm³/mol. The van der Waals surface area contributed by atoms with E-state index < -0.39 is 51.1 Å². The Morgan fingerprint density at radius 1 is 0.571 bits per heavy atom. The topological polar surface area (TPSA) is 172 Å². The summed E-state index contributed by atoms with van der Waals surface area (Å²) in [5, 5.41) is 8.88. The summed E-state index contributed by atoms with van der Waals surface area (Å²) < 4.78 is 32.6. The molecule has 0 spiro atoms. The number of aliphatic carboxylic acids is 1. The van der Waals surface area contributed by atoms with E-state index in [1.165, 1.54) is 19.3 Å². The van der Waals surface area contributed by atoms with Gasteiger partial charge < -0.3 is 25.2 Å². The van der Waals surface area contributed by atoms with E-state index >= 15 is 0 Å². The van der Waals surface area contributed by atoms with E-state index in [4.69, 9.17) is 24.8 Å². The van der Waals surface area contributed by atoms with Gasteiger partial charge in [-0.3, -0.25) is 23.4 Å². The third-order valence-electron chi connectivity index (χ3n) is 8.13. The van der Waals surface area contributed by atoms with Crippen LogP contribution in [0, 0.1) is 0 Å². The zero-order valence-electron chi connectivity index (χ0n) is 34.2. The van der Waals surface area contributed by atoms with Crippen LogP contribution in [0.3, 0.4) is 0 Å². The average molecular weight is 806 g/mol. The van der Waals surface area contributed by atoms with Crippen LogP contribution in [0.1, 0.15) is 142 Å². The standard InChI is InChI=1S/C44H72NO10P/c1-3-5-7-9-11-13-15-17-19-20-22-24-26-28-30-32-34-36-43(47)55-40(38-53-56(50,51)54-39-41(45)44(48)49)37-52-42(46)35-33-31-29-27-25-23-21-18-16-14-12-10-8-6-4-2/h6,8,11-14,17-19,21-22,24-25,27,40-41H,3-5,7,9-10,15-16,20,23,26,28-39,45H2,1-2H3,(H,48,49)(H,50,51)/b8-6-,13-11-,14-12-,19-17-,21-18-,24-22-,27-25-/t40-,41+/m1/s1. The third-order valence-corrected chi connectivity index (χ3v) is 9.08. The molecule has 0 aromatic heterocycles. The number of phosphoric ester groups is 1. The fourth-order valence-corrected chi connectivity index (χ4v) is 5.66. The molecule has 12 heteroatoms. The van der Waals surface area contributed by atoms with Gasteiger partial charge in [-0.25, -0.2) is 4.57 Å². The lowest BCUT2D eigenvalue weighted by atomic mass is 10.1. The molecule has 0 rings (SSSR count). The summed E-state index contributed by atoms with van der Waals surface area (Å²) >= 11 is 0. The van der Waals surface area contributed by atoms with Crippen LogP contribution in [0.2, 0.25) is 0 Å². The monoisotopic (exact) mass is 805 g/mol. The number of unbranched alkanes of at least 4 members (excludes halogenated alkanes) is 9. The zero-order valence-corrected chi connectivity index (χ0v) is 35.1. The number of rotatable bonds is 37. The highest BCUT2D eigenvalue weighted by molar-refractivity contribution is 7.47. The molecule has 318 valence electrons. The van der Waals surface area contributed by atoms with Crippen LogP contribution < -0.4 is 5.73 Å². The Hall–Kier alpha value is -3.34. The quantitative estimate of drug-likeness (QED) is 0.0236. The maximum absolute atomic E-state index is 12.6. The van der Waals surface area contributed by atoms with E-state index in [0.29, 0.717) is 12.8 Å². The number of carbonyl (C=O) groups excluding carboxylic acids is 2. The van der Waals surface area contributed by atoms with Crippen LogP contribution in [-0.2, 0) is 37.5 Å². The number of nitrogens with two attached hydrogens (primary N) is 1. The van der Waals surface area contributed by atoms with Gasteiger partial charge in [0.25, 0.3) is 0 Å². The SMILES string of the molecule is CC/C=C\C/C=C\C/C=C\C/C=C\CCCCC(=O)OC[C@H](COP(=O)(O)OC[C@H](N)C(=O)O)OC(=O)CCCCCC/C=C\C/C=C\C/C=C\CCCCC. The van der Waals surface area contributed by atoms with Crippen molar-refractivity contribution in [1.29, 1.82) is 0 Å². The van der Waals surface area contributed by atoms with Gasteiger partial charge in [0, 0.05) is 12.8 Å². The van der Waals surface area contributed by atoms with Crippen molar-refractivity contribution < 1.29 is 47.5 Å². The van der Waals surface area contributed by atoms with Gasteiger partial charge in [0.2, 0.25) is 0 Å². The summed E-state index contributed by atoms with van der Waals surface area (Å²) in [7, 11) is -4.74. The molecule has 0 aliphatic rings. The molecule has 0 aliphatic carbocycles. The fourth-order valence-electron chi connectivity index (χ4n) is 4.88. The maximum Gasteiger partial charge on any atom is 0.472 e. The van der Waals surface area contributed by atoms with Crippen LogP contribution in [0.5, 0.6) is 0 Å². The molecule has 0 radical (unpaired) electrons. The largest absolute Gasteiger partial charge is 0.480 e. The van der Waals surface area contributed by atoms with E-state index in [0.717, 1.165) is 83.5 Å². The van der Waals surface area contributed by atoms with Crippen molar-refractivity contribution >= 4 is 25.7 Å². The Labute approximate surface area is 337 Å². The third kappa shape index (κ3) is 37.6. The van der Waals surface area contributed by atoms with Gasteiger partial charge in [-0.2, -0.15) is 0 Å². The van der Waals surface area contributed by atoms with Crippen molar-refractivity contribution in [3.05, 3.63) is 85.1 Å². The number of carboxylic acids is 1. The number of hydrogen-bond donors (Lipinski definition) is 3.